The third-order valence-electron chi connectivity index (χ3n) is 2.85. The Balaban J connectivity index is 2.51. The number of nitrogens with zero attached hydrogens (tertiary/aromatic N) is 3. The van der Waals surface area contributed by atoms with E-state index >= 15 is 0 Å². The summed E-state index contributed by atoms with van der Waals surface area (Å²) >= 11 is 0. The number of nitro groups is 1. The van der Waals surface area contributed by atoms with Gasteiger partial charge in [0.15, 0.2) is 5.82 Å². The number of benzene rings is 1. The van der Waals surface area contributed by atoms with Gasteiger partial charge in [0, 0.05) is 19.2 Å². The summed E-state index contributed by atoms with van der Waals surface area (Å²) in [5.74, 6) is -0.275. The maximum atomic E-state index is 11.7. The smallest absolute Gasteiger partial charge is 0.345 e. The molecule has 21 heavy (non-hydrogen) atoms. The van der Waals surface area contributed by atoms with E-state index in [9.17, 15) is 14.9 Å². The fourth-order valence-electron chi connectivity index (χ4n) is 1.82. The number of esters is 1. The number of non-ortho nitro benzene ring substituents is 1. The first kappa shape index (κ1) is 14.3. The zero-order valence-electron chi connectivity index (χ0n) is 11.4. The van der Waals surface area contributed by atoms with Crippen LogP contribution in [0.25, 0.3) is 5.69 Å². The first-order valence-electron chi connectivity index (χ1n) is 5.89. The second-order valence-corrected chi connectivity index (χ2v) is 4.04. The average molecular weight is 291 g/mol. The van der Waals surface area contributed by atoms with Crippen molar-refractivity contribution in [2.45, 2.75) is 0 Å². The van der Waals surface area contributed by atoms with Crippen molar-refractivity contribution >= 4 is 23.3 Å². The topological polar surface area (TPSA) is 125 Å². The zero-order chi connectivity index (χ0) is 15.6. The van der Waals surface area contributed by atoms with Crippen molar-refractivity contribution in [2.75, 3.05) is 25.2 Å². The van der Waals surface area contributed by atoms with Crippen molar-refractivity contribution < 1.29 is 14.5 Å². The number of nitro benzene ring substituents is 1. The molecule has 0 fully saturated rings. The Morgan fingerprint density at radius 3 is 2.52 bits per heavy atom. The predicted molar refractivity (Wildman–Crippen MR) is 75.5 cm³/mol. The lowest BCUT2D eigenvalue weighted by atomic mass is 10.2. The molecule has 0 unspecified atom stereocenters. The van der Waals surface area contributed by atoms with Gasteiger partial charge >= 0.3 is 5.97 Å². The van der Waals surface area contributed by atoms with Crippen LogP contribution in [-0.4, -0.2) is 34.8 Å². The van der Waals surface area contributed by atoms with Gasteiger partial charge in [-0.1, -0.05) is 0 Å². The van der Waals surface area contributed by atoms with E-state index in [1.54, 1.807) is 7.05 Å². The molecule has 0 amide bonds. The van der Waals surface area contributed by atoms with Crippen molar-refractivity contribution in [2.24, 2.45) is 0 Å². The summed E-state index contributed by atoms with van der Waals surface area (Å²) in [6.45, 7) is 0. The number of aromatic nitrogens is 2. The van der Waals surface area contributed by atoms with Gasteiger partial charge < -0.3 is 15.8 Å². The van der Waals surface area contributed by atoms with Crippen LogP contribution in [0.2, 0.25) is 0 Å². The van der Waals surface area contributed by atoms with E-state index in [-0.39, 0.29) is 22.9 Å². The predicted octanol–water partition coefficient (Wildman–Crippen LogP) is 1.19. The van der Waals surface area contributed by atoms with Crippen LogP contribution in [0.5, 0.6) is 0 Å². The molecule has 9 heteroatoms. The third kappa shape index (κ3) is 2.48. The minimum atomic E-state index is -0.620. The summed E-state index contributed by atoms with van der Waals surface area (Å²) in [6.07, 6.45) is 0. The summed E-state index contributed by atoms with van der Waals surface area (Å²) in [5, 5.41) is 17.5. The van der Waals surface area contributed by atoms with E-state index in [2.05, 4.69) is 15.2 Å². The molecule has 0 atom stereocenters. The van der Waals surface area contributed by atoms with Gasteiger partial charge in [0.2, 0.25) is 0 Å². The number of anilines is 2. The lowest BCUT2D eigenvalue weighted by Crippen LogP contribution is -2.08. The van der Waals surface area contributed by atoms with Gasteiger partial charge in [-0.25, -0.2) is 9.48 Å². The number of carbonyl (C=O) groups excluding carboxylic acids is 1. The average Bonchev–Trinajstić information content (AvgIpc) is 2.83. The SMILES string of the molecule is CNc1nn(-c2ccc([N+](=O)[O-])cc2)c(N)c1C(=O)OC. The molecule has 1 aromatic carbocycles. The largest absolute Gasteiger partial charge is 0.465 e. The Labute approximate surface area is 119 Å². The van der Waals surface area contributed by atoms with Crippen LogP contribution in [-0.2, 0) is 4.74 Å². The van der Waals surface area contributed by atoms with E-state index < -0.39 is 10.9 Å². The third-order valence-corrected chi connectivity index (χ3v) is 2.85. The van der Waals surface area contributed by atoms with Crippen LogP contribution in [0.15, 0.2) is 24.3 Å². The quantitative estimate of drug-likeness (QED) is 0.492. The lowest BCUT2D eigenvalue weighted by molar-refractivity contribution is -0.384. The highest BCUT2D eigenvalue weighted by Gasteiger charge is 2.23. The summed E-state index contributed by atoms with van der Waals surface area (Å²) in [5.41, 5.74) is 6.46. The highest BCUT2D eigenvalue weighted by Crippen LogP contribution is 2.26. The molecule has 1 aromatic heterocycles. The van der Waals surface area contributed by atoms with Gasteiger partial charge in [0.1, 0.15) is 11.4 Å². The molecule has 9 nitrogen and oxygen atoms in total. The van der Waals surface area contributed by atoms with Gasteiger partial charge in [-0.3, -0.25) is 10.1 Å². The minimum Gasteiger partial charge on any atom is -0.465 e. The number of nitrogen functional groups attached to an aromatic ring is 1. The molecule has 2 rings (SSSR count). The van der Waals surface area contributed by atoms with Crippen molar-refractivity contribution in [3.8, 4) is 5.69 Å². The number of rotatable bonds is 4. The maximum Gasteiger partial charge on any atom is 0.345 e. The van der Waals surface area contributed by atoms with Crippen LogP contribution in [0.4, 0.5) is 17.3 Å². The Hall–Kier alpha value is -3.10. The van der Waals surface area contributed by atoms with E-state index in [1.165, 1.54) is 36.1 Å². The number of hydrogen-bond donors (Lipinski definition) is 2. The second kappa shape index (κ2) is 5.49. The molecule has 0 aliphatic heterocycles. The van der Waals surface area contributed by atoms with E-state index in [1.807, 2.05) is 0 Å². The van der Waals surface area contributed by atoms with Gasteiger partial charge in [-0.2, -0.15) is 0 Å². The number of nitrogens with two attached hydrogens (primary N) is 1. The number of methoxy groups -OCH3 is 1. The highest BCUT2D eigenvalue weighted by molar-refractivity contribution is 5.99. The van der Waals surface area contributed by atoms with Crippen molar-refractivity contribution in [3.05, 3.63) is 39.9 Å². The number of hydrogen-bond acceptors (Lipinski definition) is 7. The van der Waals surface area contributed by atoms with Crippen molar-refractivity contribution in [3.63, 3.8) is 0 Å². The van der Waals surface area contributed by atoms with Crippen LogP contribution in [0.1, 0.15) is 10.4 Å². The van der Waals surface area contributed by atoms with E-state index in [0.29, 0.717) is 5.69 Å². The van der Waals surface area contributed by atoms with Gasteiger partial charge in [-0.05, 0) is 12.1 Å². The fourth-order valence-corrected chi connectivity index (χ4v) is 1.82. The molecule has 0 saturated carbocycles. The van der Waals surface area contributed by atoms with Crippen LogP contribution < -0.4 is 11.1 Å². The van der Waals surface area contributed by atoms with Gasteiger partial charge in [0.05, 0.1) is 17.7 Å². The molecule has 0 aliphatic carbocycles. The summed E-state index contributed by atoms with van der Waals surface area (Å²) in [4.78, 5) is 21.8. The maximum absolute atomic E-state index is 11.7. The summed E-state index contributed by atoms with van der Waals surface area (Å²) in [7, 11) is 2.83. The standard InChI is InChI=1S/C12H13N5O4/c1-14-11-9(12(18)21-2)10(13)16(15-11)7-3-5-8(6-4-7)17(19)20/h3-6H,13H2,1-2H3,(H,14,15). The van der Waals surface area contributed by atoms with Gasteiger partial charge in [-0.15, -0.1) is 5.10 Å². The van der Waals surface area contributed by atoms with Gasteiger partial charge in [0.25, 0.3) is 5.69 Å². The minimum absolute atomic E-state index is 0.0495. The molecule has 0 bridgehead atoms. The first-order chi connectivity index (χ1) is 9.99. The molecular formula is C12H13N5O4. The number of ether oxygens (including phenoxy) is 1. The van der Waals surface area contributed by atoms with Crippen molar-refractivity contribution in [1.82, 2.24) is 9.78 Å². The molecule has 2 aromatic rings. The summed E-state index contributed by atoms with van der Waals surface area (Å²) in [6, 6.07) is 5.63. The van der Waals surface area contributed by atoms with E-state index in [0.717, 1.165) is 0 Å². The van der Waals surface area contributed by atoms with Crippen molar-refractivity contribution in [1.29, 1.82) is 0 Å². The Kier molecular flexibility index (Phi) is 3.74. The van der Waals surface area contributed by atoms with Crippen LogP contribution in [0, 0.1) is 10.1 Å². The molecule has 1 heterocycles. The molecule has 0 aliphatic rings. The molecule has 0 saturated heterocycles. The Morgan fingerprint density at radius 1 is 1.43 bits per heavy atom. The molecule has 3 N–H and O–H groups in total. The van der Waals surface area contributed by atoms with Crippen LogP contribution in [0.3, 0.4) is 0 Å². The Bertz CT molecular complexity index is 692. The van der Waals surface area contributed by atoms with E-state index in [4.69, 9.17) is 5.73 Å². The Morgan fingerprint density at radius 2 is 2.05 bits per heavy atom. The second-order valence-electron chi connectivity index (χ2n) is 4.04. The monoisotopic (exact) mass is 291 g/mol. The molecule has 110 valence electrons. The number of nitrogens with one attached hydrogen (secondary N) is 1. The first-order valence-corrected chi connectivity index (χ1v) is 5.89. The lowest BCUT2D eigenvalue weighted by Gasteiger charge is -2.04. The highest BCUT2D eigenvalue weighted by atomic mass is 16.6. The molecule has 0 spiro atoms. The normalized spacial score (nSPS) is 10.2. The number of carbonyl (C=O) groups is 1. The zero-order valence-corrected chi connectivity index (χ0v) is 11.4. The van der Waals surface area contributed by atoms with Crippen LogP contribution >= 0.6 is 0 Å². The summed E-state index contributed by atoms with van der Waals surface area (Å²) < 4.78 is 5.97. The fraction of sp³-hybridized carbons (Fsp3) is 0.167. The molecular weight excluding hydrogens is 278 g/mol. The molecule has 0 radical (unpaired) electrons.